The van der Waals surface area contributed by atoms with Crippen LogP contribution in [0.15, 0.2) is 28.8 Å². The summed E-state index contributed by atoms with van der Waals surface area (Å²) in [6.45, 7) is 9.75. The van der Waals surface area contributed by atoms with E-state index in [2.05, 4.69) is 25.9 Å². The number of rotatable bonds is 8. The highest BCUT2D eigenvalue weighted by atomic mass is 19.1. The number of halogens is 1. The number of hydrogen-bond acceptors (Lipinski definition) is 6. The van der Waals surface area contributed by atoms with Gasteiger partial charge in [0.15, 0.2) is 11.4 Å². The molecule has 0 atom stereocenters. The first-order valence-electron chi connectivity index (χ1n) is 14.5. The van der Waals surface area contributed by atoms with Crippen molar-refractivity contribution < 1.29 is 28.3 Å². The summed E-state index contributed by atoms with van der Waals surface area (Å²) in [5, 5.41) is 13.9. The molecule has 8 nitrogen and oxygen atoms in total. The van der Waals surface area contributed by atoms with Gasteiger partial charge < -0.3 is 19.3 Å². The quantitative estimate of drug-likeness (QED) is 0.419. The SMILES string of the molecule is CC(C)(Oc1cccc(N(CC23CCC(c4noc(C(C)(C)C)n4)(CC2)CC3)C(=O)C23CC(F)(C2)C3)c1)C(=O)O. The van der Waals surface area contributed by atoms with Gasteiger partial charge in [-0.1, -0.05) is 32.0 Å². The molecule has 6 fully saturated rings. The van der Waals surface area contributed by atoms with E-state index in [0.717, 1.165) is 44.3 Å². The molecule has 0 unspecified atom stereocenters. The van der Waals surface area contributed by atoms with Crippen molar-refractivity contribution in [2.75, 3.05) is 11.4 Å². The Hall–Kier alpha value is -2.97. The molecule has 0 spiro atoms. The van der Waals surface area contributed by atoms with E-state index < -0.39 is 22.7 Å². The fraction of sp³-hybridized carbons (Fsp3) is 0.677. The minimum absolute atomic E-state index is 0.0218. The van der Waals surface area contributed by atoms with Crippen LogP contribution in [-0.4, -0.2) is 44.9 Å². The minimum atomic E-state index is -1.42. The Balaban J connectivity index is 1.25. The molecule has 1 amide bonds. The number of alkyl halides is 1. The second-order valence-electron chi connectivity index (χ2n) is 14.7. The highest BCUT2D eigenvalue weighted by Crippen LogP contribution is 2.70. The molecule has 6 aliphatic rings. The Labute approximate surface area is 234 Å². The molecular weight excluding hydrogens is 513 g/mol. The first kappa shape index (κ1) is 27.2. The second-order valence-corrected chi connectivity index (χ2v) is 14.7. The molecule has 0 aliphatic heterocycles. The lowest BCUT2D eigenvalue weighted by Crippen LogP contribution is -2.71. The smallest absolute Gasteiger partial charge is 0.347 e. The molecule has 2 aromatic rings. The number of benzene rings is 1. The van der Waals surface area contributed by atoms with Gasteiger partial charge in [-0.05, 0) is 89.2 Å². The number of fused-ring (bicyclic) bond motifs is 3. The van der Waals surface area contributed by atoms with Crippen molar-refractivity contribution in [3.63, 3.8) is 0 Å². The predicted octanol–water partition coefficient (Wildman–Crippen LogP) is 6.13. The highest BCUT2D eigenvalue weighted by molar-refractivity contribution is 6.00. The number of aliphatic carboxylic acids is 1. The first-order chi connectivity index (χ1) is 18.6. The maximum Gasteiger partial charge on any atom is 0.347 e. The number of carboxylic acid groups (broad SMARTS) is 1. The lowest BCUT2D eigenvalue weighted by Gasteiger charge is -2.65. The van der Waals surface area contributed by atoms with Crippen LogP contribution < -0.4 is 9.64 Å². The van der Waals surface area contributed by atoms with Gasteiger partial charge in [-0.2, -0.15) is 4.98 Å². The summed E-state index contributed by atoms with van der Waals surface area (Å²) in [4.78, 5) is 32.4. The third-order valence-electron chi connectivity index (χ3n) is 10.1. The van der Waals surface area contributed by atoms with E-state index in [1.54, 1.807) is 18.2 Å². The van der Waals surface area contributed by atoms with Crippen LogP contribution in [0.3, 0.4) is 0 Å². The summed E-state index contributed by atoms with van der Waals surface area (Å²) in [6, 6.07) is 7.11. The molecule has 6 saturated carbocycles. The number of carbonyl (C=O) groups is 2. The molecule has 0 saturated heterocycles. The monoisotopic (exact) mass is 553 g/mol. The van der Waals surface area contributed by atoms with Crippen LogP contribution in [-0.2, 0) is 20.4 Å². The molecule has 0 radical (unpaired) electrons. The number of carboxylic acids is 1. The van der Waals surface area contributed by atoms with Gasteiger partial charge in [0.1, 0.15) is 11.4 Å². The molecule has 1 N–H and O–H groups in total. The Morgan fingerprint density at radius 2 is 1.68 bits per heavy atom. The number of carbonyl (C=O) groups excluding carboxylic acids is 1. The van der Waals surface area contributed by atoms with Crippen molar-refractivity contribution >= 4 is 17.6 Å². The third kappa shape index (κ3) is 4.31. The van der Waals surface area contributed by atoms with E-state index >= 15 is 0 Å². The molecular formula is C31H40FN3O5. The molecule has 1 aromatic carbocycles. The maximum absolute atomic E-state index is 14.5. The Morgan fingerprint density at radius 1 is 1.05 bits per heavy atom. The number of hydrogen-bond donors (Lipinski definition) is 1. The summed E-state index contributed by atoms with van der Waals surface area (Å²) < 4.78 is 25.9. The minimum Gasteiger partial charge on any atom is -0.478 e. The van der Waals surface area contributed by atoms with Crippen molar-refractivity contribution in [1.29, 1.82) is 0 Å². The van der Waals surface area contributed by atoms with Crippen molar-refractivity contribution in [3.8, 4) is 5.75 Å². The third-order valence-corrected chi connectivity index (χ3v) is 10.1. The van der Waals surface area contributed by atoms with Crippen LogP contribution in [0, 0.1) is 10.8 Å². The largest absolute Gasteiger partial charge is 0.478 e. The average Bonchev–Trinajstić information content (AvgIpc) is 3.38. The van der Waals surface area contributed by atoms with Crippen LogP contribution in [0.4, 0.5) is 10.1 Å². The predicted molar refractivity (Wildman–Crippen MR) is 146 cm³/mol. The fourth-order valence-electron chi connectivity index (χ4n) is 7.43. The van der Waals surface area contributed by atoms with Gasteiger partial charge in [-0.3, -0.25) is 4.79 Å². The molecule has 8 rings (SSSR count). The summed E-state index contributed by atoms with van der Waals surface area (Å²) >= 11 is 0. The van der Waals surface area contributed by atoms with E-state index in [0.29, 0.717) is 43.1 Å². The van der Waals surface area contributed by atoms with Crippen molar-refractivity contribution in [3.05, 3.63) is 36.0 Å². The van der Waals surface area contributed by atoms with Gasteiger partial charge in [0.2, 0.25) is 11.8 Å². The zero-order valence-corrected chi connectivity index (χ0v) is 24.2. The average molecular weight is 554 g/mol. The van der Waals surface area contributed by atoms with Gasteiger partial charge in [-0.25, -0.2) is 9.18 Å². The zero-order chi connectivity index (χ0) is 28.8. The number of nitrogens with zero attached hydrogens (tertiary/aromatic N) is 3. The van der Waals surface area contributed by atoms with Gasteiger partial charge in [0.25, 0.3) is 0 Å². The highest BCUT2D eigenvalue weighted by Gasteiger charge is 2.73. The second kappa shape index (κ2) is 8.52. The van der Waals surface area contributed by atoms with E-state index in [4.69, 9.17) is 14.2 Å². The molecule has 4 bridgehead atoms. The van der Waals surface area contributed by atoms with Crippen molar-refractivity contribution in [2.24, 2.45) is 10.8 Å². The normalized spacial score (nSPS) is 32.6. The van der Waals surface area contributed by atoms with Crippen LogP contribution in [0.25, 0.3) is 0 Å². The molecule has 1 heterocycles. The fourth-order valence-corrected chi connectivity index (χ4v) is 7.43. The molecule has 9 heteroatoms. The van der Waals surface area contributed by atoms with Gasteiger partial charge in [0.05, 0.1) is 5.41 Å². The summed E-state index contributed by atoms with van der Waals surface area (Å²) in [7, 11) is 0. The van der Waals surface area contributed by atoms with E-state index in [1.807, 2.05) is 11.0 Å². The van der Waals surface area contributed by atoms with Gasteiger partial charge >= 0.3 is 5.97 Å². The number of aromatic nitrogens is 2. The van der Waals surface area contributed by atoms with E-state index in [9.17, 15) is 19.1 Å². The lowest BCUT2D eigenvalue weighted by atomic mass is 9.41. The Bertz CT molecular complexity index is 1310. The standard InChI is InChI=1S/C31H40FN3O5/c1-26(2,3)23-33-22(34-40-23)29-12-9-28(10-13-29,11-14-29)19-35(24(36)30-16-31(32,17-30)18-30)20-7-6-8-21(15-20)39-27(4,5)25(37)38/h6-8,15H,9-14,16-19H2,1-5H3,(H,37,38). The van der Waals surface area contributed by atoms with Crippen LogP contribution in [0.5, 0.6) is 5.75 Å². The molecule has 40 heavy (non-hydrogen) atoms. The Morgan fingerprint density at radius 3 is 2.20 bits per heavy atom. The van der Waals surface area contributed by atoms with Gasteiger partial charge in [-0.15, -0.1) is 0 Å². The van der Waals surface area contributed by atoms with E-state index in [1.165, 1.54) is 13.8 Å². The lowest BCUT2D eigenvalue weighted by molar-refractivity contribution is -0.211. The summed E-state index contributed by atoms with van der Waals surface area (Å²) in [5.41, 5.74) is -2.89. The first-order valence-corrected chi connectivity index (χ1v) is 14.5. The van der Waals surface area contributed by atoms with Crippen LogP contribution in [0.2, 0.25) is 0 Å². The number of amides is 1. The van der Waals surface area contributed by atoms with E-state index in [-0.39, 0.29) is 22.2 Å². The van der Waals surface area contributed by atoms with Gasteiger partial charge in [0, 0.05) is 29.1 Å². The molecule has 1 aromatic heterocycles. The Kier molecular flexibility index (Phi) is 5.80. The van der Waals surface area contributed by atoms with Crippen LogP contribution >= 0.6 is 0 Å². The summed E-state index contributed by atoms with van der Waals surface area (Å²) in [5.74, 6) is 0.764. The molecule has 216 valence electrons. The topological polar surface area (TPSA) is 106 Å². The number of ether oxygens (including phenoxy) is 1. The van der Waals surface area contributed by atoms with Crippen molar-refractivity contribution in [1.82, 2.24) is 10.1 Å². The zero-order valence-electron chi connectivity index (χ0n) is 24.2. The summed E-state index contributed by atoms with van der Waals surface area (Å²) in [6.07, 6.45) is 6.52. The van der Waals surface area contributed by atoms with Crippen LogP contribution in [0.1, 0.15) is 104 Å². The number of anilines is 1. The molecule has 6 aliphatic carbocycles. The maximum atomic E-state index is 14.5. The van der Waals surface area contributed by atoms with Crippen molar-refractivity contribution in [2.45, 2.75) is 115 Å².